The highest BCUT2D eigenvalue weighted by molar-refractivity contribution is 6.11. The SMILES string of the molecule is N#CC1=CC(c2ccc(-c3ccc4c(c3)C3(c5ccccc5-c5ccccc53)c3cc(-c5ccc(-c6cc(C#N)ccn6)nc5)c5ccccc5c3-4)cn2)NC=C1. The van der Waals surface area contributed by atoms with Crippen LogP contribution in [-0.2, 0) is 5.41 Å². The van der Waals surface area contributed by atoms with Crippen molar-refractivity contribution in [2.45, 2.75) is 11.5 Å². The molecule has 0 saturated carbocycles. The fraction of sp³-hybridized carbons (Fsp3) is 0.0392. The normalized spacial score (nSPS) is 15.1. The Morgan fingerprint density at radius 1 is 0.544 bits per heavy atom. The van der Waals surface area contributed by atoms with Crippen molar-refractivity contribution in [3.63, 3.8) is 0 Å². The van der Waals surface area contributed by atoms with E-state index in [1.54, 1.807) is 24.4 Å². The zero-order valence-electron chi connectivity index (χ0n) is 30.5. The quantitative estimate of drug-likeness (QED) is 0.194. The van der Waals surface area contributed by atoms with Crippen molar-refractivity contribution in [1.82, 2.24) is 20.3 Å². The summed E-state index contributed by atoms with van der Waals surface area (Å²) in [6.45, 7) is 0. The Balaban J connectivity index is 1.13. The van der Waals surface area contributed by atoms with Crippen LogP contribution in [-0.4, -0.2) is 15.0 Å². The van der Waals surface area contributed by atoms with Crippen LogP contribution < -0.4 is 5.32 Å². The van der Waals surface area contributed by atoms with E-state index in [-0.39, 0.29) is 6.04 Å². The minimum Gasteiger partial charge on any atom is -0.379 e. The minimum atomic E-state index is -0.578. The fourth-order valence-electron chi connectivity index (χ4n) is 9.29. The number of nitrogens with one attached hydrogen (secondary N) is 1. The highest BCUT2D eigenvalue weighted by atomic mass is 14.9. The fourth-order valence-corrected chi connectivity index (χ4v) is 9.29. The van der Waals surface area contributed by atoms with Gasteiger partial charge in [0.2, 0.25) is 0 Å². The van der Waals surface area contributed by atoms with Gasteiger partial charge in [-0.2, -0.15) is 10.5 Å². The number of nitrogens with zero attached hydrogens (tertiary/aromatic N) is 5. The highest BCUT2D eigenvalue weighted by Crippen LogP contribution is 2.64. The first-order valence-corrected chi connectivity index (χ1v) is 18.9. The van der Waals surface area contributed by atoms with Crippen LogP contribution in [0.3, 0.4) is 0 Å². The van der Waals surface area contributed by atoms with Crippen LogP contribution in [0, 0.1) is 22.7 Å². The maximum Gasteiger partial charge on any atom is 0.0992 e. The number of allylic oxidation sites excluding steroid dienone is 2. The zero-order chi connectivity index (χ0) is 38.1. The van der Waals surface area contributed by atoms with Gasteiger partial charge in [0.25, 0.3) is 0 Å². The third-order valence-electron chi connectivity index (χ3n) is 11.8. The monoisotopic (exact) mass is 726 g/mol. The van der Waals surface area contributed by atoms with Crippen molar-refractivity contribution >= 4 is 10.8 Å². The van der Waals surface area contributed by atoms with Gasteiger partial charge in [-0.3, -0.25) is 15.0 Å². The van der Waals surface area contributed by atoms with Crippen LogP contribution in [0.25, 0.3) is 66.7 Å². The van der Waals surface area contributed by atoms with E-state index in [0.29, 0.717) is 22.5 Å². The van der Waals surface area contributed by atoms with Crippen LogP contribution in [0.1, 0.15) is 39.6 Å². The van der Waals surface area contributed by atoms with Crippen molar-refractivity contribution in [3.05, 3.63) is 209 Å². The number of aromatic nitrogens is 3. The molecule has 6 heteroatoms. The lowest BCUT2D eigenvalue weighted by atomic mass is 9.69. The molecule has 2 aliphatic carbocycles. The van der Waals surface area contributed by atoms with E-state index in [9.17, 15) is 10.5 Å². The third-order valence-corrected chi connectivity index (χ3v) is 11.8. The van der Waals surface area contributed by atoms with E-state index < -0.39 is 5.41 Å². The molecule has 0 saturated heterocycles. The van der Waals surface area contributed by atoms with Crippen molar-refractivity contribution < 1.29 is 0 Å². The van der Waals surface area contributed by atoms with Crippen LogP contribution in [0.15, 0.2) is 176 Å². The molecule has 3 aliphatic rings. The predicted octanol–water partition coefficient (Wildman–Crippen LogP) is 10.8. The average molecular weight is 727 g/mol. The maximum atomic E-state index is 9.48. The summed E-state index contributed by atoms with van der Waals surface area (Å²) in [5, 5.41) is 24.6. The summed E-state index contributed by atoms with van der Waals surface area (Å²) in [7, 11) is 0. The van der Waals surface area contributed by atoms with E-state index in [1.165, 1.54) is 49.9 Å². The van der Waals surface area contributed by atoms with E-state index in [1.807, 2.05) is 36.8 Å². The molecular formula is C51H30N6. The zero-order valence-corrected chi connectivity index (χ0v) is 30.5. The maximum absolute atomic E-state index is 9.48. The predicted molar refractivity (Wildman–Crippen MR) is 223 cm³/mol. The van der Waals surface area contributed by atoms with Gasteiger partial charge >= 0.3 is 0 Å². The number of nitriles is 2. The molecule has 1 aliphatic heterocycles. The molecule has 0 fully saturated rings. The Morgan fingerprint density at radius 3 is 2.02 bits per heavy atom. The van der Waals surface area contributed by atoms with Gasteiger partial charge in [0.15, 0.2) is 0 Å². The van der Waals surface area contributed by atoms with E-state index >= 15 is 0 Å². The molecule has 0 bridgehead atoms. The van der Waals surface area contributed by atoms with Crippen molar-refractivity contribution in [3.8, 4) is 68.0 Å². The third kappa shape index (κ3) is 4.78. The van der Waals surface area contributed by atoms with Gasteiger partial charge in [-0.1, -0.05) is 97.1 Å². The van der Waals surface area contributed by atoms with Crippen LogP contribution in [0.2, 0.25) is 0 Å². The second kappa shape index (κ2) is 12.6. The molecule has 264 valence electrons. The van der Waals surface area contributed by atoms with Crippen LogP contribution in [0.5, 0.6) is 0 Å². The van der Waals surface area contributed by atoms with Crippen LogP contribution in [0.4, 0.5) is 0 Å². The Labute approximate surface area is 329 Å². The van der Waals surface area contributed by atoms with Gasteiger partial charge in [-0.25, -0.2) is 0 Å². The van der Waals surface area contributed by atoms with Crippen molar-refractivity contribution in [2.24, 2.45) is 0 Å². The first-order valence-electron chi connectivity index (χ1n) is 18.9. The molecule has 1 unspecified atom stereocenters. The number of benzene rings is 5. The largest absolute Gasteiger partial charge is 0.379 e. The first kappa shape index (κ1) is 32.5. The van der Waals surface area contributed by atoms with Gasteiger partial charge in [0.05, 0.1) is 51.8 Å². The van der Waals surface area contributed by atoms with Gasteiger partial charge in [-0.15, -0.1) is 0 Å². The second-order valence-corrected chi connectivity index (χ2v) is 14.7. The van der Waals surface area contributed by atoms with Crippen molar-refractivity contribution in [1.29, 1.82) is 10.5 Å². The molecule has 0 radical (unpaired) electrons. The van der Waals surface area contributed by atoms with Gasteiger partial charge in [0, 0.05) is 29.7 Å². The lowest BCUT2D eigenvalue weighted by molar-refractivity contribution is 0.717. The topological polar surface area (TPSA) is 98.3 Å². The lowest BCUT2D eigenvalue weighted by Crippen LogP contribution is -2.26. The molecule has 1 atom stereocenters. The smallest absolute Gasteiger partial charge is 0.0992 e. The molecule has 8 aromatic rings. The molecule has 57 heavy (non-hydrogen) atoms. The molecular weight excluding hydrogens is 697 g/mol. The molecule has 1 spiro atoms. The van der Waals surface area contributed by atoms with Crippen molar-refractivity contribution in [2.75, 3.05) is 0 Å². The van der Waals surface area contributed by atoms with Gasteiger partial charge in [-0.05, 0) is 121 Å². The molecule has 0 amide bonds. The minimum absolute atomic E-state index is 0.164. The molecule has 5 aromatic carbocycles. The van der Waals surface area contributed by atoms with Gasteiger partial charge in [0.1, 0.15) is 0 Å². The summed E-state index contributed by atoms with van der Waals surface area (Å²) < 4.78 is 0. The number of pyridine rings is 3. The number of hydrogen-bond donors (Lipinski definition) is 1. The summed E-state index contributed by atoms with van der Waals surface area (Å²) in [4.78, 5) is 14.3. The van der Waals surface area contributed by atoms with E-state index in [2.05, 4.69) is 132 Å². The summed E-state index contributed by atoms with van der Waals surface area (Å²) >= 11 is 0. The molecule has 11 rings (SSSR count). The summed E-state index contributed by atoms with van der Waals surface area (Å²) in [5.74, 6) is 0. The Morgan fingerprint density at radius 2 is 1.28 bits per heavy atom. The van der Waals surface area contributed by atoms with E-state index in [0.717, 1.165) is 33.3 Å². The number of dihydropyridines is 1. The summed E-state index contributed by atoms with van der Waals surface area (Å²) in [6, 6.07) is 51.8. The van der Waals surface area contributed by atoms with E-state index in [4.69, 9.17) is 9.97 Å². The highest BCUT2D eigenvalue weighted by Gasteiger charge is 2.52. The first-order chi connectivity index (χ1) is 28.1. The average Bonchev–Trinajstić information content (AvgIpc) is 3.76. The van der Waals surface area contributed by atoms with Crippen LogP contribution >= 0.6 is 0 Å². The second-order valence-electron chi connectivity index (χ2n) is 14.7. The standard InChI is InChI=1S/C51H30N6/c52-27-31-19-21-54-48(23-31)46-17-14-34(29-56-46)33-13-16-40-44(25-33)51(42-11-5-3-8-37(42)38-9-4-6-12-43(38)51)45-26-41(36-7-1-2-10-39(36)50(40)45)35-15-18-47(57-30-35)49-24-32(28-53)20-22-55-49/h1-26,29-30,48,54H. The lowest BCUT2D eigenvalue weighted by Gasteiger charge is -2.31. The summed E-state index contributed by atoms with van der Waals surface area (Å²) in [6.07, 6.45) is 11.0. The number of fused-ring (bicyclic) bond motifs is 12. The summed E-state index contributed by atoms with van der Waals surface area (Å²) in [5.41, 5.74) is 17.0. The molecule has 4 heterocycles. The van der Waals surface area contributed by atoms with Gasteiger partial charge < -0.3 is 5.32 Å². The Kier molecular flexibility index (Phi) is 7.16. The molecule has 6 nitrogen and oxygen atoms in total. The molecule has 1 N–H and O–H groups in total. The Hall–Kier alpha value is -7.93. The number of hydrogen-bond acceptors (Lipinski definition) is 6. The Bertz CT molecular complexity index is 3080. The molecule has 3 aromatic heterocycles. The number of rotatable bonds is 4.